The second kappa shape index (κ2) is 12.8. The fourth-order valence-electron chi connectivity index (χ4n) is 5.08. The number of carbonyl (C=O) groups excluding carboxylic acids is 1. The first-order valence-corrected chi connectivity index (χ1v) is 13.9. The predicted molar refractivity (Wildman–Crippen MR) is 162 cm³/mol. The summed E-state index contributed by atoms with van der Waals surface area (Å²) in [5.74, 6) is -7.74. The van der Waals surface area contributed by atoms with Gasteiger partial charge in [-0.3, -0.25) is 9.59 Å². The number of aromatic hydroxyl groups is 4. The van der Waals surface area contributed by atoms with Crippen molar-refractivity contribution in [3.8, 4) is 51.6 Å². The van der Waals surface area contributed by atoms with E-state index in [1.807, 2.05) is 0 Å². The van der Waals surface area contributed by atoms with Crippen LogP contribution in [-0.4, -0.2) is 97.7 Å². The lowest BCUT2D eigenvalue weighted by Crippen LogP contribution is -2.70. The molecule has 0 aliphatic carbocycles. The van der Waals surface area contributed by atoms with Crippen molar-refractivity contribution in [2.24, 2.45) is 0 Å². The van der Waals surface area contributed by atoms with E-state index in [9.17, 15) is 50.4 Å². The fraction of sp³-hybridized carbons (Fsp3) is 0.250. The van der Waals surface area contributed by atoms with Crippen molar-refractivity contribution in [2.75, 3.05) is 20.8 Å². The fourth-order valence-corrected chi connectivity index (χ4v) is 5.08. The highest BCUT2D eigenvalue weighted by Gasteiger charge is 2.60. The molecule has 1 aromatic heterocycles. The molecule has 4 aromatic rings. The minimum atomic E-state index is -3.05. The number of ketones is 1. The van der Waals surface area contributed by atoms with Crippen molar-refractivity contribution in [1.29, 1.82) is 0 Å². The Kier molecular flexibility index (Phi) is 9.02. The normalized spacial score (nSPS) is 22.8. The maximum Gasteiger partial charge on any atom is 0.304 e. The van der Waals surface area contributed by atoms with E-state index >= 15 is 0 Å². The summed E-state index contributed by atoms with van der Waals surface area (Å²) in [6, 6.07) is 9.80. The highest BCUT2D eigenvalue weighted by atomic mass is 16.7. The molecule has 3 aromatic carbocycles. The number of aliphatic hydroxyl groups excluding tert-OH is 4. The number of hydrogen-bond donors (Lipinski definition) is 8. The maximum atomic E-state index is 14.1. The van der Waals surface area contributed by atoms with Gasteiger partial charge in [-0.25, -0.2) is 0 Å². The standard InChI is InChI=1S/C32H30O15/c1-43-20-9-15(10-21(44-2)25(20)38)29-30(27(40)24-18(36)11-17(35)12-19(24)45-29)47-32(31(42)28(41)26(39)22(13-33)46-32)23(37)8-5-14-3-6-16(34)7-4-14/h3-12,22,26,28,31,33-36,38-39,41-42H,13H2,1-2H3/t22-,26-,28-,31-,32+/m0/s1. The minimum Gasteiger partial charge on any atom is -0.508 e. The summed E-state index contributed by atoms with van der Waals surface area (Å²) >= 11 is 0. The van der Waals surface area contributed by atoms with Gasteiger partial charge < -0.3 is 64.2 Å². The Balaban J connectivity index is 1.79. The second-order valence-electron chi connectivity index (χ2n) is 10.5. The van der Waals surface area contributed by atoms with Crippen molar-refractivity contribution in [3.63, 3.8) is 0 Å². The molecule has 0 amide bonds. The van der Waals surface area contributed by atoms with Crippen LogP contribution >= 0.6 is 0 Å². The third kappa shape index (κ3) is 5.89. The molecule has 0 saturated carbocycles. The third-order valence-corrected chi connectivity index (χ3v) is 7.53. The van der Waals surface area contributed by atoms with Gasteiger partial charge in [0, 0.05) is 17.7 Å². The average Bonchev–Trinajstić information content (AvgIpc) is 3.05. The number of ether oxygens (including phenoxy) is 4. The third-order valence-electron chi connectivity index (χ3n) is 7.53. The lowest BCUT2D eigenvalue weighted by atomic mass is 9.89. The molecular formula is C32H30O15. The van der Waals surface area contributed by atoms with Crippen LogP contribution < -0.4 is 19.6 Å². The molecule has 5 rings (SSSR count). The number of rotatable bonds is 9. The van der Waals surface area contributed by atoms with E-state index in [-0.39, 0.29) is 28.4 Å². The van der Waals surface area contributed by atoms with Crippen LogP contribution in [0.25, 0.3) is 28.4 Å². The number of aliphatic hydroxyl groups is 4. The minimum absolute atomic E-state index is 0.0585. The van der Waals surface area contributed by atoms with Crippen LogP contribution in [0.5, 0.6) is 40.2 Å². The smallest absolute Gasteiger partial charge is 0.304 e. The molecule has 0 radical (unpaired) electrons. The zero-order valence-corrected chi connectivity index (χ0v) is 24.7. The van der Waals surface area contributed by atoms with Gasteiger partial charge in [0.15, 0.2) is 23.4 Å². The molecule has 1 fully saturated rings. The summed E-state index contributed by atoms with van der Waals surface area (Å²) in [7, 11) is 2.45. The van der Waals surface area contributed by atoms with Gasteiger partial charge in [-0.1, -0.05) is 18.2 Å². The van der Waals surface area contributed by atoms with Crippen molar-refractivity contribution in [3.05, 3.63) is 70.4 Å². The van der Waals surface area contributed by atoms with E-state index in [0.29, 0.717) is 5.56 Å². The van der Waals surface area contributed by atoms with E-state index < -0.39 is 82.2 Å². The summed E-state index contributed by atoms with van der Waals surface area (Å²) in [5.41, 5.74) is -1.21. The molecule has 5 atom stereocenters. The lowest BCUT2D eigenvalue weighted by Gasteiger charge is -2.46. The molecule has 47 heavy (non-hydrogen) atoms. The first kappa shape index (κ1) is 33.1. The Morgan fingerprint density at radius 1 is 0.915 bits per heavy atom. The molecule has 8 N–H and O–H groups in total. The molecule has 0 bridgehead atoms. The van der Waals surface area contributed by atoms with E-state index in [1.165, 1.54) is 56.7 Å². The lowest BCUT2D eigenvalue weighted by molar-refractivity contribution is -0.319. The molecule has 1 aliphatic rings. The van der Waals surface area contributed by atoms with Crippen LogP contribution in [0, 0.1) is 0 Å². The van der Waals surface area contributed by atoms with Crippen LogP contribution in [0.3, 0.4) is 0 Å². The van der Waals surface area contributed by atoms with E-state index in [4.69, 9.17) is 23.4 Å². The van der Waals surface area contributed by atoms with E-state index in [0.717, 1.165) is 18.2 Å². The Hall–Kier alpha value is -5.32. The van der Waals surface area contributed by atoms with E-state index in [1.54, 1.807) is 0 Å². The summed E-state index contributed by atoms with van der Waals surface area (Å²) in [6.45, 7) is -0.976. The number of phenolic OH excluding ortho intramolecular Hbond substituents is 4. The Labute approximate surface area is 264 Å². The highest BCUT2D eigenvalue weighted by Crippen LogP contribution is 2.45. The van der Waals surface area contributed by atoms with Crippen molar-refractivity contribution < 1.29 is 69.0 Å². The van der Waals surface area contributed by atoms with Crippen molar-refractivity contribution >= 4 is 22.8 Å². The average molecular weight is 655 g/mol. The van der Waals surface area contributed by atoms with Gasteiger partial charge in [0.05, 0.1) is 20.8 Å². The summed E-state index contributed by atoms with van der Waals surface area (Å²) in [4.78, 5) is 28.1. The molecule has 1 saturated heterocycles. The largest absolute Gasteiger partial charge is 0.508 e. The summed E-state index contributed by atoms with van der Waals surface area (Å²) < 4.78 is 27.9. The quantitative estimate of drug-likeness (QED) is 0.118. The monoisotopic (exact) mass is 654 g/mol. The first-order chi connectivity index (χ1) is 22.3. The summed E-state index contributed by atoms with van der Waals surface area (Å²) in [6.07, 6.45) is -6.10. The first-order valence-electron chi connectivity index (χ1n) is 13.9. The SMILES string of the molecule is COc1cc(-c2oc3cc(O)cc(O)c3c(=O)c2O[C@@]2(C(=O)C=Cc3ccc(O)cc3)O[C@@H](CO)[C@H](O)[C@H](O)[C@@H]2O)cc(OC)c1O. The van der Waals surface area contributed by atoms with Gasteiger partial charge in [-0.2, -0.15) is 0 Å². The van der Waals surface area contributed by atoms with Crippen LogP contribution in [0.15, 0.2) is 63.8 Å². The molecule has 248 valence electrons. The van der Waals surface area contributed by atoms with Gasteiger partial charge in [0.25, 0.3) is 0 Å². The summed E-state index contributed by atoms with van der Waals surface area (Å²) in [5, 5.41) is 82.7. The molecule has 0 unspecified atom stereocenters. The molecule has 0 spiro atoms. The number of benzene rings is 3. The predicted octanol–water partition coefficient (Wildman–Crippen LogP) is 1.13. The van der Waals surface area contributed by atoms with Crippen LogP contribution in [-0.2, 0) is 9.53 Å². The number of fused-ring (bicyclic) bond motifs is 1. The van der Waals surface area contributed by atoms with Gasteiger partial charge in [-0.15, -0.1) is 0 Å². The second-order valence-corrected chi connectivity index (χ2v) is 10.5. The number of phenols is 4. The molecule has 15 nitrogen and oxygen atoms in total. The number of hydrogen-bond acceptors (Lipinski definition) is 15. The molecule has 2 heterocycles. The van der Waals surface area contributed by atoms with Crippen molar-refractivity contribution in [2.45, 2.75) is 30.2 Å². The van der Waals surface area contributed by atoms with Gasteiger partial charge in [0.1, 0.15) is 46.5 Å². The molecular weight excluding hydrogens is 624 g/mol. The number of carbonyl (C=O) groups is 1. The Morgan fingerprint density at radius 3 is 2.15 bits per heavy atom. The Bertz CT molecular complexity index is 1870. The highest BCUT2D eigenvalue weighted by molar-refractivity contribution is 6.00. The zero-order chi connectivity index (χ0) is 34.2. The van der Waals surface area contributed by atoms with Gasteiger partial charge in [0.2, 0.25) is 22.7 Å². The van der Waals surface area contributed by atoms with Crippen LogP contribution in [0.2, 0.25) is 0 Å². The molecule has 15 heteroatoms. The van der Waals surface area contributed by atoms with Gasteiger partial charge >= 0.3 is 5.79 Å². The van der Waals surface area contributed by atoms with Gasteiger partial charge in [-0.05, 0) is 35.9 Å². The van der Waals surface area contributed by atoms with E-state index in [2.05, 4.69) is 0 Å². The molecule has 1 aliphatic heterocycles. The maximum absolute atomic E-state index is 14.1. The van der Waals surface area contributed by atoms with Crippen molar-refractivity contribution in [1.82, 2.24) is 0 Å². The van der Waals surface area contributed by atoms with Crippen LogP contribution in [0.4, 0.5) is 0 Å². The topological polar surface area (TPSA) is 246 Å². The zero-order valence-electron chi connectivity index (χ0n) is 24.7. The van der Waals surface area contributed by atoms with Crippen LogP contribution in [0.1, 0.15) is 5.56 Å². The Morgan fingerprint density at radius 2 is 1.55 bits per heavy atom. The number of methoxy groups -OCH3 is 2.